The van der Waals surface area contributed by atoms with Crippen molar-refractivity contribution in [3.8, 4) is 0 Å². The number of halogens is 1. The number of aryl methyl sites for hydroxylation is 1. The number of fused-ring (bicyclic) bond motifs is 1. The Kier molecular flexibility index (Phi) is 2.52. The molecule has 2 heterocycles. The van der Waals surface area contributed by atoms with Gasteiger partial charge in [-0.2, -0.15) is 0 Å². The zero-order valence-corrected chi connectivity index (χ0v) is 10.4. The normalized spacial score (nSPS) is 11.2. The summed E-state index contributed by atoms with van der Waals surface area (Å²) in [4.78, 5) is 2.86. The molecule has 0 amide bonds. The third-order valence-corrected chi connectivity index (χ3v) is 3.07. The minimum atomic E-state index is -0.314. The van der Waals surface area contributed by atoms with Crippen LogP contribution in [0.3, 0.4) is 0 Å². The Balaban J connectivity index is 2.14. The van der Waals surface area contributed by atoms with Crippen LogP contribution < -0.4 is 0 Å². The predicted molar refractivity (Wildman–Crippen MR) is 67.4 cm³/mol. The van der Waals surface area contributed by atoms with E-state index in [1.165, 1.54) is 6.07 Å². The number of benzene rings is 1. The summed E-state index contributed by atoms with van der Waals surface area (Å²) < 4.78 is 21.0. The monoisotopic (exact) mass is 263 g/mol. The molecule has 92 valence electrons. The van der Waals surface area contributed by atoms with Gasteiger partial charge in [0, 0.05) is 6.07 Å². The Labute approximate surface area is 107 Å². The molecule has 3 rings (SSSR count). The molecule has 6 heteroatoms. The van der Waals surface area contributed by atoms with Gasteiger partial charge in [-0.05, 0) is 31.3 Å². The number of para-hydroxylation sites is 1. The number of rotatable bonds is 2. The quantitative estimate of drug-likeness (QED) is 0.722. The van der Waals surface area contributed by atoms with Crippen molar-refractivity contribution in [1.29, 1.82) is 0 Å². The van der Waals surface area contributed by atoms with Gasteiger partial charge >= 0.3 is 0 Å². The lowest BCUT2D eigenvalue weighted by molar-refractivity contribution is 0.373. The van der Waals surface area contributed by atoms with Gasteiger partial charge in [0.2, 0.25) is 0 Å². The van der Waals surface area contributed by atoms with E-state index in [9.17, 15) is 4.39 Å². The van der Waals surface area contributed by atoms with E-state index in [1.54, 1.807) is 10.6 Å². The van der Waals surface area contributed by atoms with Gasteiger partial charge in [-0.1, -0.05) is 11.2 Å². The highest BCUT2D eigenvalue weighted by Crippen LogP contribution is 2.18. The van der Waals surface area contributed by atoms with Gasteiger partial charge < -0.3 is 14.1 Å². The molecule has 1 N–H and O–H groups in total. The minimum Gasteiger partial charge on any atom is -0.359 e. The van der Waals surface area contributed by atoms with Crippen molar-refractivity contribution in [2.45, 2.75) is 13.5 Å². The fourth-order valence-electron chi connectivity index (χ4n) is 1.95. The second kappa shape index (κ2) is 4.06. The molecule has 18 heavy (non-hydrogen) atoms. The Morgan fingerprint density at radius 2 is 2.33 bits per heavy atom. The van der Waals surface area contributed by atoms with Crippen LogP contribution in [0, 0.1) is 17.5 Å². The highest BCUT2D eigenvalue weighted by molar-refractivity contribution is 7.71. The van der Waals surface area contributed by atoms with Crippen LogP contribution in [0.4, 0.5) is 4.39 Å². The standard InChI is InChI=1S/C12H10FN3OS/c1-7-5-8(17-15-7)6-16-10-4-2-3-9(13)11(10)14-12(16)18/h2-5H,6H2,1H3,(H,14,18). The van der Waals surface area contributed by atoms with E-state index >= 15 is 0 Å². The van der Waals surface area contributed by atoms with Gasteiger partial charge in [-0.25, -0.2) is 4.39 Å². The summed E-state index contributed by atoms with van der Waals surface area (Å²) in [6.07, 6.45) is 0. The summed E-state index contributed by atoms with van der Waals surface area (Å²) in [5, 5.41) is 3.82. The summed E-state index contributed by atoms with van der Waals surface area (Å²) in [6, 6.07) is 6.70. The van der Waals surface area contributed by atoms with Crippen molar-refractivity contribution < 1.29 is 8.91 Å². The number of nitrogens with zero attached hydrogens (tertiary/aromatic N) is 2. The number of nitrogens with one attached hydrogen (secondary N) is 1. The third-order valence-electron chi connectivity index (χ3n) is 2.75. The lowest BCUT2D eigenvalue weighted by Crippen LogP contribution is -1.98. The zero-order chi connectivity index (χ0) is 12.7. The molecular formula is C12H10FN3OS. The van der Waals surface area contributed by atoms with Gasteiger partial charge in [0.25, 0.3) is 0 Å². The molecule has 0 radical (unpaired) electrons. The molecule has 0 aliphatic heterocycles. The third kappa shape index (κ3) is 1.74. The summed E-state index contributed by atoms with van der Waals surface area (Å²) in [5.41, 5.74) is 1.94. The van der Waals surface area contributed by atoms with Gasteiger partial charge in [0.15, 0.2) is 10.5 Å². The molecule has 0 atom stereocenters. The molecule has 0 fully saturated rings. The number of aromatic amines is 1. The highest BCUT2D eigenvalue weighted by Gasteiger charge is 2.10. The highest BCUT2D eigenvalue weighted by atomic mass is 32.1. The average Bonchev–Trinajstić information content (AvgIpc) is 2.87. The van der Waals surface area contributed by atoms with E-state index in [1.807, 2.05) is 19.1 Å². The molecule has 3 aromatic rings. The first-order chi connectivity index (χ1) is 8.65. The molecule has 1 aromatic carbocycles. The van der Waals surface area contributed by atoms with Crippen LogP contribution in [0.5, 0.6) is 0 Å². The number of hydrogen-bond acceptors (Lipinski definition) is 3. The van der Waals surface area contributed by atoms with Crippen LogP contribution in [0.2, 0.25) is 0 Å². The Hall–Kier alpha value is -1.95. The van der Waals surface area contributed by atoms with Crippen molar-refractivity contribution in [2.24, 2.45) is 0 Å². The molecule has 0 bridgehead atoms. The first-order valence-electron chi connectivity index (χ1n) is 5.44. The molecule has 0 saturated carbocycles. The van der Waals surface area contributed by atoms with Crippen molar-refractivity contribution >= 4 is 23.3 Å². The lowest BCUT2D eigenvalue weighted by Gasteiger charge is -2.00. The van der Waals surface area contributed by atoms with Gasteiger partial charge in [-0.15, -0.1) is 0 Å². The van der Waals surface area contributed by atoms with Crippen LogP contribution in [-0.4, -0.2) is 14.7 Å². The fraction of sp³-hybridized carbons (Fsp3) is 0.167. The van der Waals surface area contributed by atoms with E-state index in [4.69, 9.17) is 16.7 Å². The number of aromatic nitrogens is 3. The van der Waals surface area contributed by atoms with E-state index in [0.717, 1.165) is 5.69 Å². The maximum absolute atomic E-state index is 13.6. The molecule has 0 spiro atoms. The van der Waals surface area contributed by atoms with Crippen LogP contribution in [0.1, 0.15) is 11.5 Å². The van der Waals surface area contributed by atoms with E-state index < -0.39 is 0 Å². The predicted octanol–water partition coefficient (Wildman–Crippen LogP) is 3.18. The van der Waals surface area contributed by atoms with Gasteiger partial charge in [0.1, 0.15) is 11.3 Å². The van der Waals surface area contributed by atoms with Crippen molar-refractivity contribution in [2.75, 3.05) is 0 Å². The second-order valence-electron chi connectivity index (χ2n) is 4.08. The Morgan fingerprint density at radius 1 is 1.50 bits per heavy atom. The summed E-state index contributed by atoms with van der Waals surface area (Å²) in [5.74, 6) is 0.375. The van der Waals surface area contributed by atoms with Crippen LogP contribution in [0.25, 0.3) is 11.0 Å². The molecule has 0 saturated heterocycles. The largest absolute Gasteiger partial charge is 0.359 e. The van der Waals surface area contributed by atoms with Crippen LogP contribution in [-0.2, 0) is 6.54 Å². The number of imidazole rings is 1. The first-order valence-corrected chi connectivity index (χ1v) is 5.85. The molecule has 2 aromatic heterocycles. The van der Waals surface area contributed by atoms with E-state index in [-0.39, 0.29) is 5.82 Å². The zero-order valence-electron chi connectivity index (χ0n) is 9.61. The maximum atomic E-state index is 13.6. The number of hydrogen-bond donors (Lipinski definition) is 1. The van der Waals surface area contributed by atoms with Crippen LogP contribution in [0.15, 0.2) is 28.8 Å². The SMILES string of the molecule is Cc1cc(Cn2c(=S)[nH]c3c(F)cccc32)on1. The summed E-state index contributed by atoms with van der Waals surface area (Å²) in [7, 11) is 0. The fourth-order valence-corrected chi connectivity index (χ4v) is 2.21. The second-order valence-corrected chi connectivity index (χ2v) is 4.47. The topological polar surface area (TPSA) is 46.8 Å². The van der Waals surface area contributed by atoms with Crippen molar-refractivity contribution in [3.63, 3.8) is 0 Å². The van der Waals surface area contributed by atoms with E-state index in [2.05, 4.69) is 10.1 Å². The minimum absolute atomic E-state index is 0.314. The van der Waals surface area contributed by atoms with Gasteiger partial charge in [0.05, 0.1) is 17.8 Å². The van der Waals surface area contributed by atoms with Crippen LogP contribution >= 0.6 is 12.2 Å². The molecule has 0 unspecified atom stereocenters. The van der Waals surface area contributed by atoms with E-state index in [0.29, 0.717) is 28.1 Å². The van der Waals surface area contributed by atoms with Crippen molar-refractivity contribution in [1.82, 2.24) is 14.7 Å². The summed E-state index contributed by atoms with van der Waals surface area (Å²) >= 11 is 5.20. The average molecular weight is 263 g/mol. The Morgan fingerprint density at radius 3 is 3.06 bits per heavy atom. The first kappa shape index (κ1) is 11.2. The molecule has 0 aliphatic rings. The van der Waals surface area contributed by atoms with Crippen molar-refractivity contribution in [3.05, 3.63) is 46.3 Å². The smallest absolute Gasteiger partial charge is 0.178 e. The van der Waals surface area contributed by atoms with Gasteiger partial charge in [-0.3, -0.25) is 0 Å². The lowest BCUT2D eigenvalue weighted by atomic mass is 10.3. The summed E-state index contributed by atoms with van der Waals surface area (Å²) in [6.45, 7) is 2.28. The maximum Gasteiger partial charge on any atom is 0.178 e. The Bertz CT molecular complexity index is 771. The number of H-pyrrole nitrogens is 1. The molecule has 0 aliphatic carbocycles. The molecular weight excluding hydrogens is 253 g/mol. The molecule has 4 nitrogen and oxygen atoms in total.